The first-order valence-corrected chi connectivity index (χ1v) is 30.9. The standard InChI is InChI=1S/C50H76N14O19S6/c1-21(39(71)59-32(19-88)46(78)63-38(22(2)65)48(80)53-14-36(68)55-33(20-89)50(82)83)54-47(79)34-4-3-11-64(34)49(81)28(13-35(52)67)58-44(76)30(17-86)62-45(77)31(18-87)61-42(74)27(12-23-5-7-24(66)8-6-23)57-41(73)26(9-10-37(69)70)56-43(75)29(16-85)60-40(72)25(51)15-84/h5-8,21-22,25-34,38,65-66,84-89H,3-4,9-20,51H2,1-2H3,(H2,52,67)(H,53,80)(H,54,79)(H,55,68)(H,56,75)(H,57,73)(H,58,76)(H,59,71)(H,60,72)(H,61,74)(H,62,77)(H,63,78)(H,69,70)(H,82,83)/t21-,22+,25-,26-,27-,28-,29-,30-,31-,32-,33-,34-,38-/m0/s1. The molecule has 13 atom stereocenters. The van der Waals surface area contributed by atoms with Gasteiger partial charge in [0.05, 0.1) is 25.1 Å². The van der Waals surface area contributed by atoms with Crippen LogP contribution in [-0.2, 0) is 78.3 Å². The number of hydrogen-bond acceptors (Lipinski definition) is 24. The summed E-state index contributed by atoms with van der Waals surface area (Å²) in [6, 6.07) is -12.7. The van der Waals surface area contributed by atoms with Gasteiger partial charge in [-0.15, -0.1) is 0 Å². The van der Waals surface area contributed by atoms with Gasteiger partial charge in [0.1, 0.15) is 72.2 Å². The number of benzene rings is 1. The highest BCUT2D eigenvalue weighted by Crippen LogP contribution is 2.20. The van der Waals surface area contributed by atoms with Gasteiger partial charge in [0.25, 0.3) is 0 Å². The minimum absolute atomic E-state index is 0.0169. The number of nitrogens with two attached hydrogens (primary N) is 2. The average molecular weight is 1370 g/mol. The van der Waals surface area contributed by atoms with Gasteiger partial charge in [-0.25, -0.2) is 4.79 Å². The first-order chi connectivity index (χ1) is 41.9. The van der Waals surface area contributed by atoms with Crippen LogP contribution in [0.5, 0.6) is 5.75 Å². The summed E-state index contributed by atoms with van der Waals surface area (Å²) in [4.78, 5) is 197. The van der Waals surface area contributed by atoms with Crippen molar-refractivity contribution in [2.75, 3.05) is 47.6 Å². The highest BCUT2D eigenvalue weighted by atomic mass is 32.1. The Morgan fingerprint density at radius 2 is 1.01 bits per heavy atom. The van der Waals surface area contributed by atoms with E-state index < -0.39 is 205 Å². The molecular weight excluding hydrogens is 1290 g/mol. The Morgan fingerprint density at radius 3 is 1.48 bits per heavy atom. The van der Waals surface area contributed by atoms with E-state index in [4.69, 9.17) is 16.6 Å². The number of carbonyl (C=O) groups excluding carboxylic acids is 13. The first-order valence-electron chi connectivity index (χ1n) is 27.1. The molecule has 0 aromatic heterocycles. The van der Waals surface area contributed by atoms with Crippen LogP contribution in [0.4, 0.5) is 0 Å². The normalized spacial score (nSPS) is 16.7. The quantitative estimate of drug-likeness (QED) is 0.0273. The molecule has 1 aliphatic rings. The summed E-state index contributed by atoms with van der Waals surface area (Å²) in [6.07, 6.45) is -3.68. The van der Waals surface area contributed by atoms with Crippen LogP contribution in [-0.4, -0.2) is 240 Å². The molecule has 0 spiro atoms. The molecule has 2 rings (SSSR count). The van der Waals surface area contributed by atoms with Crippen LogP contribution < -0.4 is 70.0 Å². The highest BCUT2D eigenvalue weighted by Gasteiger charge is 2.41. The summed E-state index contributed by atoms with van der Waals surface area (Å²) in [7, 11) is 0. The lowest BCUT2D eigenvalue weighted by Crippen LogP contribution is -2.61. The topological polar surface area (TPSA) is 525 Å². The molecule has 496 valence electrons. The third-order valence-corrected chi connectivity index (χ3v) is 15.2. The summed E-state index contributed by atoms with van der Waals surface area (Å²) in [5, 5.41) is 64.3. The first kappa shape index (κ1) is 78.2. The summed E-state index contributed by atoms with van der Waals surface area (Å²) in [5.41, 5.74) is 11.5. The number of aliphatic hydroxyl groups excluding tert-OH is 1. The Hall–Kier alpha value is -6.91. The number of amides is 13. The highest BCUT2D eigenvalue weighted by molar-refractivity contribution is 7.81. The fourth-order valence-electron chi connectivity index (χ4n) is 8.06. The largest absolute Gasteiger partial charge is 0.508 e. The molecule has 0 unspecified atom stereocenters. The van der Waals surface area contributed by atoms with Crippen LogP contribution in [0.3, 0.4) is 0 Å². The van der Waals surface area contributed by atoms with Crippen molar-refractivity contribution in [1.82, 2.24) is 63.4 Å². The maximum absolute atomic E-state index is 14.1. The zero-order valence-corrected chi connectivity index (χ0v) is 53.3. The molecule has 0 radical (unpaired) electrons. The molecule has 33 nitrogen and oxygen atoms in total. The van der Waals surface area contributed by atoms with Gasteiger partial charge in [-0.05, 0) is 50.8 Å². The van der Waals surface area contributed by atoms with Gasteiger partial charge in [-0.2, -0.15) is 75.8 Å². The van der Waals surface area contributed by atoms with Gasteiger partial charge in [0.15, 0.2) is 0 Å². The van der Waals surface area contributed by atoms with E-state index in [0.29, 0.717) is 5.56 Å². The number of aromatic hydroxyl groups is 1. The minimum atomic E-state index is -1.76. The number of carboxylic acids is 2. The van der Waals surface area contributed by atoms with Crippen molar-refractivity contribution in [3.05, 3.63) is 29.8 Å². The third kappa shape index (κ3) is 26.2. The number of aliphatic carboxylic acids is 2. The number of likely N-dealkylation sites (tertiary alicyclic amines) is 1. The van der Waals surface area contributed by atoms with Gasteiger partial charge in [-0.3, -0.25) is 67.1 Å². The third-order valence-electron chi connectivity index (χ3n) is 13.0. The number of thiol groups is 6. The number of carbonyl (C=O) groups is 15. The minimum Gasteiger partial charge on any atom is -0.508 e. The van der Waals surface area contributed by atoms with Crippen molar-refractivity contribution in [1.29, 1.82) is 0 Å². The number of nitrogens with one attached hydrogen (secondary N) is 11. The van der Waals surface area contributed by atoms with Gasteiger partial charge in [-0.1, -0.05) is 12.1 Å². The zero-order valence-electron chi connectivity index (χ0n) is 47.9. The van der Waals surface area contributed by atoms with Crippen LogP contribution in [0, 0.1) is 0 Å². The maximum Gasteiger partial charge on any atom is 0.327 e. The molecule has 0 saturated carbocycles. The molecule has 1 heterocycles. The number of phenolic OH excluding ortho intramolecular Hbond substituents is 1. The number of aliphatic hydroxyl groups is 1. The Balaban J connectivity index is 2.25. The Bertz CT molecular complexity index is 2720. The van der Waals surface area contributed by atoms with Crippen molar-refractivity contribution in [3.63, 3.8) is 0 Å². The second kappa shape index (κ2) is 39.3. The van der Waals surface area contributed by atoms with E-state index in [1.807, 2.05) is 0 Å². The molecule has 89 heavy (non-hydrogen) atoms. The lowest BCUT2D eigenvalue weighted by Gasteiger charge is -2.30. The van der Waals surface area contributed by atoms with Crippen LogP contribution in [0.25, 0.3) is 0 Å². The van der Waals surface area contributed by atoms with E-state index in [2.05, 4.69) is 134 Å². The zero-order chi connectivity index (χ0) is 67.4. The second-order valence-electron chi connectivity index (χ2n) is 19.9. The van der Waals surface area contributed by atoms with Gasteiger partial charge in [0, 0.05) is 53.9 Å². The molecule has 0 bridgehead atoms. The molecule has 19 N–H and O–H groups in total. The summed E-state index contributed by atoms with van der Waals surface area (Å²) < 4.78 is 0. The number of hydrogen-bond donors (Lipinski definition) is 23. The number of phenols is 1. The molecule has 1 saturated heterocycles. The number of carboxylic acid groups (broad SMARTS) is 2. The molecule has 0 aliphatic carbocycles. The predicted molar refractivity (Wildman–Crippen MR) is 336 cm³/mol. The van der Waals surface area contributed by atoms with Crippen molar-refractivity contribution < 1.29 is 92.3 Å². The van der Waals surface area contributed by atoms with E-state index >= 15 is 0 Å². The Labute approximate surface area is 543 Å². The van der Waals surface area contributed by atoms with E-state index in [0.717, 1.165) is 11.8 Å². The monoisotopic (exact) mass is 1370 g/mol. The summed E-state index contributed by atoms with van der Waals surface area (Å²) >= 11 is 24.3. The number of nitrogens with zero attached hydrogens (tertiary/aromatic N) is 1. The molecule has 1 aliphatic heterocycles. The number of primary amides is 1. The van der Waals surface area contributed by atoms with Crippen molar-refractivity contribution >= 4 is 165 Å². The molecule has 1 aromatic carbocycles. The van der Waals surface area contributed by atoms with Crippen LogP contribution >= 0.6 is 75.8 Å². The molecule has 1 fully saturated rings. The lowest BCUT2D eigenvalue weighted by atomic mass is 10.0. The Morgan fingerprint density at radius 1 is 0.562 bits per heavy atom. The Kier molecular flexibility index (Phi) is 34.5. The van der Waals surface area contributed by atoms with Crippen LogP contribution in [0.2, 0.25) is 0 Å². The maximum atomic E-state index is 14.1. The fraction of sp³-hybridized carbons (Fsp3) is 0.580. The predicted octanol–water partition coefficient (Wildman–Crippen LogP) is -7.98. The summed E-state index contributed by atoms with van der Waals surface area (Å²) in [6.45, 7) is 1.51. The van der Waals surface area contributed by atoms with E-state index in [1.54, 1.807) is 0 Å². The van der Waals surface area contributed by atoms with Gasteiger partial charge < -0.3 is 95.3 Å². The lowest BCUT2D eigenvalue weighted by molar-refractivity contribution is -0.143. The van der Waals surface area contributed by atoms with Crippen molar-refractivity contribution in [2.45, 2.75) is 131 Å². The van der Waals surface area contributed by atoms with Crippen molar-refractivity contribution in [3.8, 4) is 5.75 Å². The smallest absolute Gasteiger partial charge is 0.327 e. The van der Waals surface area contributed by atoms with E-state index in [9.17, 15) is 87.2 Å². The fourth-order valence-corrected chi connectivity index (χ4v) is 9.50. The molecule has 1 aromatic rings. The molecule has 39 heteroatoms. The van der Waals surface area contributed by atoms with Gasteiger partial charge >= 0.3 is 11.9 Å². The van der Waals surface area contributed by atoms with E-state index in [-0.39, 0.29) is 54.6 Å². The average Bonchev–Trinajstić information content (AvgIpc) is 4.03. The van der Waals surface area contributed by atoms with Gasteiger partial charge in [0.2, 0.25) is 76.8 Å². The molecular formula is C50H76N14O19S6. The van der Waals surface area contributed by atoms with E-state index in [1.165, 1.54) is 31.2 Å². The number of rotatable bonds is 38. The van der Waals surface area contributed by atoms with Crippen LogP contribution in [0.1, 0.15) is 51.5 Å². The van der Waals surface area contributed by atoms with Crippen molar-refractivity contribution in [2.24, 2.45) is 11.5 Å². The second-order valence-corrected chi connectivity index (χ2v) is 22.1. The molecule has 13 amide bonds. The summed E-state index contributed by atoms with van der Waals surface area (Å²) in [5.74, 6) is -17.9. The SMILES string of the molecule is C[C@H](NC(=O)[C@@H]1CCCN1C(=O)[C@H](CC(N)=O)NC(=O)[C@H](CS)NC(=O)[C@H](CS)NC(=O)[C@H](Cc1ccc(O)cc1)NC(=O)[C@H](CCC(=O)O)NC(=O)[C@H](CS)NC(=O)[C@@H](N)CS)C(=O)N[C@@H](CS)C(=O)N[C@H](C(=O)NCC(=O)N[C@@H](CS)C(=O)O)[C@@H](C)O. The van der Waals surface area contributed by atoms with Crippen LogP contribution in [0.15, 0.2) is 24.3 Å².